The van der Waals surface area contributed by atoms with Gasteiger partial charge in [-0.3, -0.25) is 4.79 Å². The Morgan fingerprint density at radius 3 is 2.23 bits per heavy atom. The molecule has 1 rings (SSSR count). The van der Waals surface area contributed by atoms with Crippen LogP contribution in [0.5, 0.6) is 0 Å². The highest BCUT2D eigenvalue weighted by Gasteiger charge is 2.13. The van der Waals surface area contributed by atoms with Gasteiger partial charge < -0.3 is 9.67 Å². The first-order valence-corrected chi connectivity index (χ1v) is 11.5. The van der Waals surface area contributed by atoms with Gasteiger partial charge in [0.15, 0.2) is 5.16 Å². The Bertz CT molecular complexity index is 476. The molecule has 0 aromatic carbocycles. The molecule has 0 radical (unpaired) electrons. The van der Waals surface area contributed by atoms with Crippen LogP contribution in [0.2, 0.25) is 0 Å². The van der Waals surface area contributed by atoms with Crippen LogP contribution in [0.15, 0.2) is 17.6 Å². The third-order valence-corrected chi connectivity index (χ3v) is 6.10. The van der Waals surface area contributed by atoms with Crippen molar-refractivity contribution in [3.8, 4) is 0 Å². The molecule has 0 fully saturated rings. The first-order valence-electron chi connectivity index (χ1n) is 10.5. The summed E-state index contributed by atoms with van der Waals surface area (Å²) in [6.45, 7) is 4.52. The number of hydrogen-bond donors (Lipinski definition) is 1. The molecule has 1 N–H and O–H groups in total. The normalized spacial score (nSPS) is 12.4. The molecule has 0 aliphatic rings. The van der Waals surface area contributed by atoms with Crippen molar-refractivity contribution in [2.75, 3.05) is 5.75 Å². The minimum absolute atomic E-state index is 0.000921. The monoisotopic (exact) mass is 382 g/mol. The molecule has 0 amide bonds. The molecule has 0 bridgehead atoms. The molecule has 26 heavy (non-hydrogen) atoms. The van der Waals surface area contributed by atoms with Crippen LogP contribution in [0.1, 0.15) is 90.9 Å². The van der Waals surface area contributed by atoms with E-state index in [0.29, 0.717) is 0 Å². The Labute approximate surface area is 164 Å². The van der Waals surface area contributed by atoms with Crippen molar-refractivity contribution in [2.24, 2.45) is 5.92 Å². The van der Waals surface area contributed by atoms with Crippen molar-refractivity contribution in [1.82, 2.24) is 9.55 Å². The Balaban J connectivity index is 2.39. The zero-order chi connectivity index (χ0) is 19.0. The van der Waals surface area contributed by atoms with E-state index in [1.54, 1.807) is 28.7 Å². The van der Waals surface area contributed by atoms with Gasteiger partial charge in [-0.1, -0.05) is 89.8 Å². The summed E-state index contributed by atoms with van der Waals surface area (Å²) < 4.78 is 1.74. The molecule has 1 aromatic rings. The lowest BCUT2D eigenvalue weighted by molar-refractivity contribution is -0.137. The van der Waals surface area contributed by atoms with E-state index < -0.39 is 5.97 Å². The zero-order valence-electron chi connectivity index (χ0n) is 16.8. The van der Waals surface area contributed by atoms with Gasteiger partial charge in [-0.25, -0.2) is 4.98 Å². The number of rotatable bonds is 17. The van der Waals surface area contributed by atoms with Crippen molar-refractivity contribution >= 4 is 17.7 Å². The van der Waals surface area contributed by atoms with E-state index in [2.05, 4.69) is 18.8 Å². The molecule has 5 heteroatoms. The number of nitrogens with zero attached hydrogens (tertiary/aromatic N) is 2. The Morgan fingerprint density at radius 1 is 1.04 bits per heavy atom. The SMILES string of the molecule is CCCCCCCCC(CCCCCC)CSc1nccn1CC(=O)O. The van der Waals surface area contributed by atoms with Gasteiger partial charge in [-0.05, 0) is 18.8 Å². The molecule has 150 valence electrons. The van der Waals surface area contributed by atoms with Gasteiger partial charge in [0.05, 0.1) is 0 Å². The molecule has 1 heterocycles. The smallest absolute Gasteiger partial charge is 0.323 e. The second-order valence-corrected chi connectivity index (χ2v) is 8.30. The number of hydrogen-bond acceptors (Lipinski definition) is 3. The number of unbranched alkanes of at least 4 members (excludes halogenated alkanes) is 8. The second kappa shape index (κ2) is 15.1. The standard InChI is InChI=1S/C21H38N2O2S/c1-3-5-7-9-10-12-14-19(13-11-8-6-4-2)18-26-21-22-15-16-23(21)17-20(24)25/h15-16,19H,3-14,17-18H2,1-2H3,(H,24,25). The van der Waals surface area contributed by atoms with Gasteiger partial charge in [0, 0.05) is 18.1 Å². The minimum Gasteiger partial charge on any atom is -0.480 e. The predicted molar refractivity (Wildman–Crippen MR) is 111 cm³/mol. The van der Waals surface area contributed by atoms with E-state index in [9.17, 15) is 4.79 Å². The molecule has 1 aromatic heterocycles. The summed E-state index contributed by atoms with van der Waals surface area (Å²) in [4.78, 5) is 15.3. The van der Waals surface area contributed by atoms with Gasteiger partial charge in [-0.2, -0.15) is 0 Å². The lowest BCUT2D eigenvalue weighted by atomic mass is 9.96. The average molecular weight is 383 g/mol. The molecule has 0 aliphatic carbocycles. The summed E-state index contributed by atoms with van der Waals surface area (Å²) >= 11 is 1.73. The van der Waals surface area contributed by atoms with Crippen LogP contribution in [-0.2, 0) is 11.3 Å². The van der Waals surface area contributed by atoms with E-state index in [0.717, 1.165) is 16.8 Å². The highest BCUT2D eigenvalue weighted by atomic mass is 32.2. The molecule has 0 aliphatic heterocycles. The van der Waals surface area contributed by atoms with E-state index in [4.69, 9.17) is 5.11 Å². The van der Waals surface area contributed by atoms with Crippen LogP contribution in [0.3, 0.4) is 0 Å². The topological polar surface area (TPSA) is 55.1 Å². The summed E-state index contributed by atoms with van der Waals surface area (Å²) in [6.07, 6.45) is 19.4. The molecule has 1 atom stereocenters. The fourth-order valence-electron chi connectivity index (χ4n) is 3.28. The quantitative estimate of drug-likeness (QED) is 0.250. The summed E-state index contributed by atoms with van der Waals surface area (Å²) in [5.41, 5.74) is 0. The number of imidazole rings is 1. The maximum atomic E-state index is 11.0. The second-order valence-electron chi connectivity index (χ2n) is 7.31. The summed E-state index contributed by atoms with van der Waals surface area (Å²) in [7, 11) is 0. The Morgan fingerprint density at radius 2 is 1.62 bits per heavy atom. The van der Waals surface area contributed by atoms with Crippen molar-refractivity contribution in [3.05, 3.63) is 12.4 Å². The molecule has 0 spiro atoms. The third kappa shape index (κ3) is 10.9. The van der Waals surface area contributed by atoms with Gasteiger partial charge >= 0.3 is 5.97 Å². The summed E-state index contributed by atoms with van der Waals surface area (Å²) in [5.74, 6) is 0.962. The number of aliphatic carboxylic acids is 1. The van der Waals surface area contributed by atoms with Crippen LogP contribution in [0.4, 0.5) is 0 Å². The minimum atomic E-state index is -0.812. The fourth-order valence-corrected chi connectivity index (χ4v) is 4.42. The average Bonchev–Trinajstić information content (AvgIpc) is 3.05. The van der Waals surface area contributed by atoms with Gasteiger partial charge in [0.1, 0.15) is 6.54 Å². The van der Waals surface area contributed by atoms with E-state index >= 15 is 0 Å². The first kappa shape index (κ1) is 23.1. The zero-order valence-corrected chi connectivity index (χ0v) is 17.6. The fraction of sp³-hybridized carbons (Fsp3) is 0.810. The number of carbonyl (C=O) groups is 1. The summed E-state index contributed by atoms with van der Waals surface area (Å²) in [5, 5.41) is 9.84. The highest BCUT2D eigenvalue weighted by Crippen LogP contribution is 2.26. The number of thioether (sulfide) groups is 1. The third-order valence-electron chi connectivity index (χ3n) is 4.86. The predicted octanol–water partition coefficient (Wildman–Crippen LogP) is 6.40. The summed E-state index contributed by atoms with van der Waals surface area (Å²) in [6, 6.07) is 0. The molecular weight excluding hydrogens is 344 g/mol. The maximum absolute atomic E-state index is 11.0. The Hall–Kier alpha value is -0.970. The molecule has 0 saturated carbocycles. The molecule has 0 saturated heterocycles. The van der Waals surface area contributed by atoms with E-state index in [-0.39, 0.29) is 6.54 Å². The van der Waals surface area contributed by atoms with E-state index in [1.807, 2.05) is 0 Å². The van der Waals surface area contributed by atoms with Crippen molar-refractivity contribution in [3.63, 3.8) is 0 Å². The van der Waals surface area contributed by atoms with Crippen molar-refractivity contribution in [2.45, 2.75) is 103 Å². The molecule has 4 nitrogen and oxygen atoms in total. The first-order chi connectivity index (χ1) is 12.7. The van der Waals surface area contributed by atoms with Gasteiger partial charge in [-0.15, -0.1) is 0 Å². The van der Waals surface area contributed by atoms with Gasteiger partial charge in [0.25, 0.3) is 0 Å². The van der Waals surface area contributed by atoms with Crippen molar-refractivity contribution < 1.29 is 9.90 Å². The number of carboxylic acids is 1. The maximum Gasteiger partial charge on any atom is 0.323 e. The van der Waals surface area contributed by atoms with E-state index in [1.165, 1.54) is 77.0 Å². The van der Waals surface area contributed by atoms with Crippen molar-refractivity contribution in [1.29, 1.82) is 0 Å². The lowest BCUT2D eigenvalue weighted by Gasteiger charge is -2.16. The highest BCUT2D eigenvalue weighted by molar-refractivity contribution is 7.99. The lowest BCUT2D eigenvalue weighted by Crippen LogP contribution is -2.10. The number of aromatic nitrogens is 2. The number of carboxylic acid groups (broad SMARTS) is 1. The van der Waals surface area contributed by atoms with Crippen LogP contribution < -0.4 is 0 Å². The van der Waals surface area contributed by atoms with Crippen LogP contribution in [0, 0.1) is 5.92 Å². The Kier molecular flexibility index (Phi) is 13.4. The van der Waals surface area contributed by atoms with Gasteiger partial charge in [0.2, 0.25) is 0 Å². The van der Waals surface area contributed by atoms with Crippen LogP contribution >= 0.6 is 11.8 Å². The largest absolute Gasteiger partial charge is 0.480 e. The molecular formula is C21H38N2O2S. The van der Waals surface area contributed by atoms with Crippen LogP contribution in [-0.4, -0.2) is 26.4 Å². The van der Waals surface area contributed by atoms with Crippen LogP contribution in [0.25, 0.3) is 0 Å². The molecule has 1 unspecified atom stereocenters.